The van der Waals surface area contributed by atoms with E-state index in [4.69, 9.17) is 5.73 Å². The van der Waals surface area contributed by atoms with E-state index in [1.54, 1.807) is 6.20 Å². The van der Waals surface area contributed by atoms with Gasteiger partial charge in [0.05, 0.1) is 22.9 Å². The van der Waals surface area contributed by atoms with Gasteiger partial charge in [-0.25, -0.2) is 9.97 Å². The van der Waals surface area contributed by atoms with Crippen LogP contribution in [0.5, 0.6) is 0 Å². The molecule has 20 heavy (non-hydrogen) atoms. The first-order valence-corrected chi connectivity index (χ1v) is 6.61. The van der Waals surface area contributed by atoms with Gasteiger partial charge in [0.1, 0.15) is 5.82 Å². The second-order valence-electron chi connectivity index (χ2n) is 4.93. The summed E-state index contributed by atoms with van der Waals surface area (Å²) in [5.74, 6) is 0.740. The number of aryl methyl sites for hydroxylation is 2. The number of aromatic nitrogens is 4. The zero-order valence-corrected chi connectivity index (χ0v) is 11.6. The number of nitrogens with zero attached hydrogens (tertiary/aromatic N) is 4. The molecule has 0 aliphatic carbocycles. The number of benzene rings is 1. The van der Waals surface area contributed by atoms with Crippen LogP contribution in [0.1, 0.15) is 23.3 Å². The minimum atomic E-state index is -0.171. The number of rotatable bonds is 3. The molecular formula is C15H17N5. The zero-order valence-electron chi connectivity index (χ0n) is 11.6. The lowest BCUT2D eigenvalue weighted by molar-refractivity contribution is 0.660. The van der Waals surface area contributed by atoms with Crippen LogP contribution in [0.25, 0.3) is 10.9 Å². The third-order valence-corrected chi connectivity index (χ3v) is 3.43. The Morgan fingerprint density at radius 2 is 2.05 bits per heavy atom. The number of hydrogen-bond acceptors (Lipinski definition) is 4. The molecule has 0 bridgehead atoms. The van der Waals surface area contributed by atoms with Crippen LogP contribution in [0.2, 0.25) is 0 Å². The fraction of sp³-hybridized carbons (Fsp3) is 0.267. The minimum Gasteiger partial charge on any atom is -0.322 e. The van der Waals surface area contributed by atoms with E-state index in [1.165, 1.54) is 0 Å². The van der Waals surface area contributed by atoms with Gasteiger partial charge in [-0.3, -0.25) is 4.68 Å². The molecule has 0 saturated heterocycles. The minimum absolute atomic E-state index is 0.171. The summed E-state index contributed by atoms with van der Waals surface area (Å²) in [6, 6.07) is 9.87. The fourth-order valence-corrected chi connectivity index (χ4v) is 2.43. The lowest BCUT2D eigenvalue weighted by atomic mass is 10.1. The molecule has 5 heteroatoms. The topological polar surface area (TPSA) is 69.6 Å². The monoisotopic (exact) mass is 267 g/mol. The first kappa shape index (κ1) is 12.7. The molecule has 0 aliphatic heterocycles. The third-order valence-electron chi connectivity index (χ3n) is 3.43. The summed E-state index contributed by atoms with van der Waals surface area (Å²) in [7, 11) is 1.95. The van der Waals surface area contributed by atoms with E-state index < -0.39 is 0 Å². The Labute approximate surface area is 117 Å². The Morgan fingerprint density at radius 1 is 1.25 bits per heavy atom. The van der Waals surface area contributed by atoms with Gasteiger partial charge in [0.15, 0.2) is 0 Å². The number of nitrogens with two attached hydrogens (primary N) is 1. The van der Waals surface area contributed by atoms with Crippen molar-refractivity contribution < 1.29 is 0 Å². The summed E-state index contributed by atoms with van der Waals surface area (Å²) < 4.78 is 1.89. The molecule has 0 radical (unpaired) electrons. The molecule has 1 atom stereocenters. The molecule has 1 unspecified atom stereocenters. The largest absolute Gasteiger partial charge is 0.322 e. The average molecular weight is 267 g/mol. The highest BCUT2D eigenvalue weighted by Crippen LogP contribution is 2.21. The SMILES string of the molecule is Cc1nccc(C(N)Cc2nn(C)c3ccccc23)n1. The standard InChI is InChI=1S/C15H17N5/c1-10-17-8-7-13(18-10)12(16)9-14-11-5-3-4-6-15(11)20(2)19-14/h3-8,12H,9,16H2,1-2H3. The van der Waals surface area contributed by atoms with Crippen LogP contribution < -0.4 is 5.73 Å². The van der Waals surface area contributed by atoms with Crippen molar-refractivity contribution in [1.82, 2.24) is 19.7 Å². The highest BCUT2D eigenvalue weighted by molar-refractivity contribution is 5.81. The van der Waals surface area contributed by atoms with Gasteiger partial charge in [-0.15, -0.1) is 0 Å². The van der Waals surface area contributed by atoms with Crippen LogP contribution in [-0.2, 0) is 13.5 Å². The van der Waals surface area contributed by atoms with Crippen molar-refractivity contribution in [3.63, 3.8) is 0 Å². The number of hydrogen-bond donors (Lipinski definition) is 1. The van der Waals surface area contributed by atoms with Crippen molar-refractivity contribution in [1.29, 1.82) is 0 Å². The molecule has 0 saturated carbocycles. The van der Waals surface area contributed by atoms with Crippen LogP contribution in [0.3, 0.4) is 0 Å². The third kappa shape index (κ3) is 2.28. The molecule has 0 aliphatic rings. The van der Waals surface area contributed by atoms with Crippen molar-refractivity contribution in [3.05, 3.63) is 53.7 Å². The Bertz CT molecular complexity index is 747. The van der Waals surface area contributed by atoms with Crippen LogP contribution in [0, 0.1) is 6.92 Å². The molecule has 0 amide bonds. The summed E-state index contributed by atoms with van der Waals surface area (Å²) in [5, 5.41) is 5.72. The second kappa shape index (κ2) is 5.02. The van der Waals surface area contributed by atoms with Crippen molar-refractivity contribution in [2.24, 2.45) is 12.8 Å². The zero-order chi connectivity index (χ0) is 14.1. The Hall–Kier alpha value is -2.27. The van der Waals surface area contributed by atoms with Crippen molar-refractivity contribution in [2.75, 3.05) is 0 Å². The lowest BCUT2D eigenvalue weighted by Crippen LogP contribution is -2.16. The van der Waals surface area contributed by atoms with E-state index in [-0.39, 0.29) is 6.04 Å². The number of fused-ring (bicyclic) bond motifs is 1. The normalized spacial score (nSPS) is 12.8. The molecule has 3 rings (SSSR count). The van der Waals surface area contributed by atoms with Gasteiger partial charge >= 0.3 is 0 Å². The van der Waals surface area contributed by atoms with E-state index in [0.717, 1.165) is 28.1 Å². The summed E-state index contributed by atoms with van der Waals surface area (Å²) in [5.41, 5.74) is 9.24. The van der Waals surface area contributed by atoms with E-state index in [2.05, 4.69) is 27.2 Å². The summed E-state index contributed by atoms with van der Waals surface area (Å²) in [6.45, 7) is 1.87. The molecular weight excluding hydrogens is 250 g/mol. The molecule has 5 nitrogen and oxygen atoms in total. The van der Waals surface area contributed by atoms with Crippen LogP contribution >= 0.6 is 0 Å². The fourth-order valence-electron chi connectivity index (χ4n) is 2.43. The summed E-state index contributed by atoms with van der Waals surface area (Å²) in [6.07, 6.45) is 2.41. The highest BCUT2D eigenvalue weighted by atomic mass is 15.3. The van der Waals surface area contributed by atoms with Crippen LogP contribution in [0.15, 0.2) is 36.5 Å². The first-order chi connectivity index (χ1) is 9.65. The molecule has 0 fully saturated rings. The van der Waals surface area contributed by atoms with E-state index >= 15 is 0 Å². The van der Waals surface area contributed by atoms with Crippen molar-refractivity contribution in [2.45, 2.75) is 19.4 Å². The van der Waals surface area contributed by atoms with Crippen molar-refractivity contribution >= 4 is 10.9 Å². The average Bonchev–Trinajstić information content (AvgIpc) is 2.76. The predicted octanol–water partition coefficient (Wildman–Crippen LogP) is 1.91. The lowest BCUT2D eigenvalue weighted by Gasteiger charge is -2.09. The smallest absolute Gasteiger partial charge is 0.125 e. The van der Waals surface area contributed by atoms with E-state index in [9.17, 15) is 0 Å². The molecule has 0 spiro atoms. The van der Waals surface area contributed by atoms with Gasteiger partial charge in [-0.2, -0.15) is 5.10 Å². The van der Waals surface area contributed by atoms with Gasteiger partial charge in [-0.05, 0) is 19.1 Å². The second-order valence-corrected chi connectivity index (χ2v) is 4.93. The molecule has 2 N–H and O–H groups in total. The quantitative estimate of drug-likeness (QED) is 0.787. The maximum Gasteiger partial charge on any atom is 0.125 e. The predicted molar refractivity (Wildman–Crippen MR) is 78.1 cm³/mol. The number of para-hydroxylation sites is 1. The molecule has 2 aromatic heterocycles. The van der Waals surface area contributed by atoms with Gasteiger partial charge in [0.25, 0.3) is 0 Å². The van der Waals surface area contributed by atoms with Gasteiger partial charge in [0, 0.05) is 25.1 Å². The molecule has 1 aromatic carbocycles. The Morgan fingerprint density at radius 3 is 2.85 bits per heavy atom. The maximum atomic E-state index is 6.26. The maximum absolute atomic E-state index is 6.26. The summed E-state index contributed by atoms with van der Waals surface area (Å²) >= 11 is 0. The van der Waals surface area contributed by atoms with Crippen LogP contribution in [-0.4, -0.2) is 19.7 Å². The van der Waals surface area contributed by atoms with E-state index in [0.29, 0.717) is 6.42 Å². The van der Waals surface area contributed by atoms with Gasteiger partial charge in [-0.1, -0.05) is 18.2 Å². The first-order valence-electron chi connectivity index (χ1n) is 6.61. The molecule has 102 valence electrons. The highest BCUT2D eigenvalue weighted by Gasteiger charge is 2.14. The Balaban J connectivity index is 1.93. The molecule has 3 aromatic rings. The van der Waals surface area contributed by atoms with Crippen LogP contribution in [0.4, 0.5) is 0 Å². The van der Waals surface area contributed by atoms with Crippen molar-refractivity contribution in [3.8, 4) is 0 Å². The summed E-state index contributed by atoms with van der Waals surface area (Å²) in [4.78, 5) is 8.48. The van der Waals surface area contributed by atoms with Gasteiger partial charge < -0.3 is 5.73 Å². The van der Waals surface area contributed by atoms with Gasteiger partial charge in [0.2, 0.25) is 0 Å². The molecule has 2 heterocycles. The Kier molecular flexibility index (Phi) is 3.20. The van der Waals surface area contributed by atoms with E-state index in [1.807, 2.05) is 36.9 Å².